The standard InChI is InChI=1S/C20H21N3O3S/c1-2-12-27(25,26)18-9-4-3-8-17(18)20(24)23-14-15-6-5-7-16(13-15)19-21-10-11-22-19/h3-11,13H,2,12,14H2,1H3,(H,21,22)(H,23,24). The Balaban J connectivity index is 1.77. The number of hydrogen-bond acceptors (Lipinski definition) is 4. The highest BCUT2D eigenvalue weighted by atomic mass is 32.2. The molecule has 0 saturated heterocycles. The quantitative estimate of drug-likeness (QED) is 0.655. The smallest absolute Gasteiger partial charge is 0.252 e. The third-order valence-electron chi connectivity index (χ3n) is 4.09. The minimum absolute atomic E-state index is 0.0164. The molecule has 3 rings (SSSR count). The van der Waals surface area contributed by atoms with Gasteiger partial charge in [-0.1, -0.05) is 37.3 Å². The maximum atomic E-state index is 12.6. The molecule has 0 saturated carbocycles. The molecule has 2 N–H and O–H groups in total. The highest BCUT2D eigenvalue weighted by molar-refractivity contribution is 7.91. The predicted octanol–water partition coefficient (Wildman–Crippen LogP) is 3.19. The number of carbonyl (C=O) groups excluding carboxylic acids is 1. The van der Waals surface area contributed by atoms with Gasteiger partial charge < -0.3 is 10.3 Å². The largest absolute Gasteiger partial charge is 0.348 e. The van der Waals surface area contributed by atoms with E-state index >= 15 is 0 Å². The van der Waals surface area contributed by atoms with Crippen LogP contribution in [0.2, 0.25) is 0 Å². The first-order chi connectivity index (χ1) is 13.0. The number of benzene rings is 2. The van der Waals surface area contributed by atoms with E-state index in [-0.39, 0.29) is 22.8 Å². The third-order valence-corrected chi connectivity index (χ3v) is 6.06. The van der Waals surface area contributed by atoms with Gasteiger partial charge in [0.05, 0.1) is 16.2 Å². The SMILES string of the molecule is CCCS(=O)(=O)c1ccccc1C(=O)NCc1cccc(-c2ncc[nH]2)c1. The van der Waals surface area contributed by atoms with Gasteiger partial charge in [0.2, 0.25) is 0 Å². The lowest BCUT2D eigenvalue weighted by Crippen LogP contribution is -2.25. The number of nitrogens with one attached hydrogen (secondary N) is 2. The van der Waals surface area contributed by atoms with Gasteiger partial charge in [-0.15, -0.1) is 0 Å². The van der Waals surface area contributed by atoms with Crippen molar-refractivity contribution in [2.24, 2.45) is 0 Å². The lowest BCUT2D eigenvalue weighted by Gasteiger charge is -2.11. The summed E-state index contributed by atoms with van der Waals surface area (Å²) in [6, 6.07) is 14.0. The van der Waals surface area contributed by atoms with Gasteiger partial charge in [0.25, 0.3) is 5.91 Å². The normalized spacial score (nSPS) is 11.3. The zero-order valence-corrected chi connectivity index (χ0v) is 15.8. The zero-order valence-electron chi connectivity index (χ0n) is 15.0. The molecule has 140 valence electrons. The van der Waals surface area contributed by atoms with E-state index in [1.54, 1.807) is 31.5 Å². The molecule has 0 aliphatic carbocycles. The summed E-state index contributed by atoms with van der Waals surface area (Å²) in [6.45, 7) is 2.09. The Kier molecular flexibility index (Phi) is 5.71. The van der Waals surface area contributed by atoms with Crippen molar-refractivity contribution in [3.8, 4) is 11.4 Å². The van der Waals surface area contributed by atoms with Gasteiger partial charge in [0.1, 0.15) is 5.82 Å². The van der Waals surface area contributed by atoms with Crippen molar-refractivity contribution in [3.05, 3.63) is 72.1 Å². The molecule has 0 spiro atoms. The van der Waals surface area contributed by atoms with Gasteiger partial charge in [-0.2, -0.15) is 0 Å². The van der Waals surface area contributed by atoms with Crippen LogP contribution in [0.4, 0.5) is 0 Å². The average Bonchev–Trinajstić information content (AvgIpc) is 3.21. The molecular formula is C20H21N3O3S. The summed E-state index contributed by atoms with van der Waals surface area (Å²) in [6.07, 6.45) is 3.92. The number of sulfone groups is 1. The second-order valence-electron chi connectivity index (χ2n) is 6.14. The molecule has 1 aromatic heterocycles. The first-order valence-corrected chi connectivity index (χ1v) is 10.3. The molecule has 1 amide bonds. The molecule has 27 heavy (non-hydrogen) atoms. The van der Waals surface area contributed by atoms with E-state index in [0.29, 0.717) is 6.42 Å². The third kappa shape index (κ3) is 4.43. The van der Waals surface area contributed by atoms with Crippen LogP contribution in [0.25, 0.3) is 11.4 Å². The van der Waals surface area contributed by atoms with Crippen molar-refractivity contribution >= 4 is 15.7 Å². The summed E-state index contributed by atoms with van der Waals surface area (Å²) in [5, 5.41) is 2.81. The minimum atomic E-state index is -3.48. The van der Waals surface area contributed by atoms with Crippen molar-refractivity contribution in [1.29, 1.82) is 0 Å². The fourth-order valence-electron chi connectivity index (χ4n) is 2.83. The molecule has 0 unspecified atom stereocenters. The van der Waals surface area contributed by atoms with Gasteiger partial charge in [-0.3, -0.25) is 4.79 Å². The summed E-state index contributed by atoms with van der Waals surface area (Å²) >= 11 is 0. The predicted molar refractivity (Wildman–Crippen MR) is 104 cm³/mol. The van der Waals surface area contributed by atoms with Crippen molar-refractivity contribution in [2.45, 2.75) is 24.8 Å². The first-order valence-electron chi connectivity index (χ1n) is 8.70. The van der Waals surface area contributed by atoms with Gasteiger partial charge in [-0.05, 0) is 30.2 Å². The van der Waals surface area contributed by atoms with Crippen LogP contribution < -0.4 is 5.32 Å². The molecule has 0 atom stereocenters. The van der Waals surface area contributed by atoms with Gasteiger partial charge in [-0.25, -0.2) is 13.4 Å². The Morgan fingerprint density at radius 1 is 1.15 bits per heavy atom. The first kappa shape index (κ1) is 18.8. The topological polar surface area (TPSA) is 91.9 Å². The molecule has 7 heteroatoms. The molecule has 2 aromatic carbocycles. The molecule has 3 aromatic rings. The Labute approximate surface area is 158 Å². The summed E-state index contributed by atoms with van der Waals surface area (Å²) in [5.41, 5.74) is 1.98. The Morgan fingerprint density at radius 2 is 1.96 bits per heavy atom. The lowest BCUT2D eigenvalue weighted by atomic mass is 10.1. The average molecular weight is 383 g/mol. The zero-order chi connectivity index (χ0) is 19.3. The second kappa shape index (κ2) is 8.18. The van der Waals surface area contributed by atoms with E-state index in [0.717, 1.165) is 17.0 Å². The number of imidazole rings is 1. The van der Waals surface area contributed by atoms with Crippen LogP contribution in [-0.2, 0) is 16.4 Å². The number of aromatic amines is 1. The highest BCUT2D eigenvalue weighted by Gasteiger charge is 2.21. The Hall–Kier alpha value is -2.93. The van der Waals surface area contributed by atoms with E-state index in [9.17, 15) is 13.2 Å². The van der Waals surface area contributed by atoms with Crippen molar-refractivity contribution in [2.75, 3.05) is 5.75 Å². The molecule has 0 bridgehead atoms. The van der Waals surface area contributed by atoms with Gasteiger partial charge in [0, 0.05) is 24.5 Å². The van der Waals surface area contributed by atoms with Gasteiger partial charge >= 0.3 is 0 Å². The van der Waals surface area contributed by atoms with Crippen LogP contribution >= 0.6 is 0 Å². The van der Waals surface area contributed by atoms with Gasteiger partial charge in [0.15, 0.2) is 9.84 Å². The van der Waals surface area contributed by atoms with E-state index in [4.69, 9.17) is 0 Å². The maximum Gasteiger partial charge on any atom is 0.252 e. The summed E-state index contributed by atoms with van der Waals surface area (Å²) in [7, 11) is -3.48. The minimum Gasteiger partial charge on any atom is -0.348 e. The summed E-state index contributed by atoms with van der Waals surface area (Å²) < 4.78 is 24.8. The van der Waals surface area contributed by atoms with E-state index in [2.05, 4.69) is 15.3 Å². The molecule has 6 nitrogen and oxygen atoms in total. The molecule has 0 aliphatic rings. The monoisotopic (exact) mass is 383 g/mol. The molecular weight excluding hydrogens is 362 g/mol. The van der Waals surface area contributed by atoms with Crippen molar-refractivity contribution < 1.29 is 13.2 Å². The number of H-pyrrole nitrogens is 1. The number of rotatable bonds is 7. The molecule has 0 radical (unpaired) electrons. The molecule has 1 heterocycles. The number of hydrogen-bond donors (Lipinski definition) is 2. The molecule has 0 fully saturated rings. The highest BCUT2D eigenvalue weighted by Crippen LogP contribution is 2.19. The fraction of sp³-hybridized carbons (Fsp3) is 0.200. The van der Waals surface area contributed by atoms with E-state index in [1.807, 2.05) is 24.3 Å². The number of carbonyl (C=O) groups is 1. The Bertz CT molecular complexity index is 1030. The van der Waals surface area contributed by atoms with E-state index < -0.39 is 15.7 Å². The Morgan fingerprint density at radius 3 is 2.70 bits per heavy atom. The van der Waals surface area contributed by atoms with Crippen LogP contribution in [0.5, 0.6) is 0 Å². The second-order valence-corrected chi connectivity index (χ2v) is 8.21. The van der Waals surface area contributed by atoms with Crippen LogP contribution in [-0.4, -0.2) is 30.0 Å². The van der Waals surface area contributed by atoms with Crippen LogP contribution in [0.1, 0.15) is 29.3 Å². The van der Waals surface area contributed by atoms with Crippen molar-refractivity contribution in [3.63, 3.8) is 0 Å². The van der Waals surface area contributed by atoms with Crippen LogP contribution in [0.3, 0.4) is 0 Å². The van der Waals surface area contributed by atoms with Crippen molar-refractivity contribution in [1.82, 2.24) is 15.3 Å². The van der Waals surface area contributed by atoms with Crippen LogP contribution in [0, 0.1) is 0 Å². The van der Waals surface area contributed by atoms with Crippen LogP contribution in [0.15, 0.2) is 65.8 Å². The fourth-order valence-corrected chi connectivity index (χ4v) is 4.37. The lowest BCUT2D eigenvalue weighted by molar-refractivity contribution is 0.0947. The molecule has 0 aliphatic heterocycles. The summed E-state index contributed by atoms with van der Waals surface area (Å²) in [5.74, 6) is 0.357. The number of amides is 1. The number of nitrogens with zero attached hydrogens (tertiary/aromatic N) is 1. The maximum absolute atomic E-state index is 12.6. The number of aromatic nitrogens is 2. The summed E-state index contributed by atoms with van der Waals surface area (Å²) in [4.78, 5) is 19.9. The van der Waals surface area contributed by atoms with E-state index in [1.165, 1.54) is 12.1 Å².